The van der Waals surface area contributed by atoms with E-state index in [0.29, 0.717) is 18.5 Å². The number of rotatable bonds is 5. The number of benzene rings is 1. The van der Waals surface area contributed by atoms with E-state index in [9.17, 15) is 9.59 Å². The summed E-state index contributed by atoms with van der Waals surface area (Å²) in [6.07, 6.45) is 3.13. The van der Waals surface area contributed by atoms with Gasteiger partial charge in [-0.25, -0.2) is 4.68 Å². The maximum absolute atomic E-state index is 12.6. The lowest BCUT2D eigenvalue weighted by Gasteiger charge is -2.28. The lowest BCUT2D eigenvalue weighted by Crippen LogP contribution is -2.48. The Morgan fingerprint density at radius 2 is 1.92 bits per heavy atom. The van der Waals surface area contributed by atoms with Gasteiger partial charge in [0.25, 0.3) is 5.91 Å². The van der Waals surface area contributed by atoms with E-state index in [-0.39, 0.29) is 18.0 Å². The molecule has 2 N–H and O–H groups in total. The molecule has 1 heterocycles. The van der Waals surface area contributed by atoms with Gasteiger partial charge in [0.15, 0.2) is 5.69 Å². The first-order valence-corrected chi connectivity index (χ1v) is 8.03. The zero-order chi connectivity index (χ0) is 17.2. The van der Waals surface area contributed by atoms with Gasteiger partial charge in [-0.05, 0) is 31.9 Å². The highest BCUT2D eigenvalue weighted by atomic mass is 16.4. The molecule has 1 aliphatic rings. The second kappa shape index (κ2) is 6.43. The minimum Gasteiger partial charge on any atom is -0.481 e. The fourth-order valence-electron chi connectivity index (χ4n) is 3.34. The van der Waals surface area contributed by atoms with Gasteiger partial charge in [-0.3, -0.25) is 9.59 Å². The van der Waals surface area contributed by atoms with E-state index in [2.05, 4.69) is 15.6 Å². The summed E-state index contributed by atoms with van der Waals surface area (Å²) in [6.45, 7) is 1.78. The Labute approximate surface area is 139 Å². The number of nitrogens with one attached hydrogen (secondary N) is 1. The Morgan fingerprint density at radius 3 is 2.54 bits per heavy atom. The first-order valence-electron chi connectivity index (χ1n) is 8.03. The molecule has 1 aromatic heterocycles. The molecule has 0 unspecified atom stereocenters. The number of para-hydroxylation sites is 1. The van der Waals surface area contributed by atoms with Crippen molar-refractivity contribution in [1.82, 2.24) is 20.3 Å². The van der Waals surface area contributed by atoms with Crippen LogP contribution in [0.4, 0.5) is 0 Å². The largest absolute Gasteiger partial charge is 0.481 e. The van der Waals surface area contributed by atoms with E-state index in [1.54, 1.807) is 11.6 Å². The summed E-state index contributed by atoms with van der Waals surface area (Å²) in [5.74, 6) is -1.26. The average Bonchev–Trinajstić information content (AvgIpc) is 3.14. The number of aromatic nitrogens is 3. The maximum Gasteiger partial charge on any atom is 0.305 e. The van der Waals surface area contributed by atoms with E-state index in [1.807, 2.05) is 30.3 Å². The topological polar surface area (TPSA) is 97.1 Å². The van der Waals surface area contributed by atoms with Crippen LogP contribution >= 0.6 is 0 Å². The number of carbonyl (C=O) groups excluding carboxylic acids is 1. The fraction of sp³-hybridized carbons (Fsp3) is 0.412. The summed E-state index contributed by atoms with van der Waals surface area (Å²) in [7, 11) is 0. The zero-order valence-corrected chi connectivity index (χ0v) is 13.5. The summed E-state index contributed by atoms with van der Waals surface area (Å²) in [6, 6.07) is 9.44. The van der Waals surface area contributed by atoms with Crippen molar-refractivity contribution < 1.29 is 14.7 Å². The van der Waals surface area contributed by atoms with Gasteiger partial charge >= 0.3 is 5.97 Å². The van der Waals surface area contributed by atoms with Gasteiger partial charge < -0.3 is 10.4 Å². The number of carboxylic acids is 1. The van der Waals surface area contributed by atoms with Crippen molar-refractivity contribution in [3.8, 4) is 5.69 Å². The fourth-order valence-corrected chi connectivity index (χ4v) is 3.34. The molecule has 1 aliphatic carbocycles. The normalized spacial score (nSPS) is 16.0. The highest BCUT2D eigenvalue weighted by Gasteiger charge is 2.38. The Balaban J connectivity index is 1.83. The van der Waals surface area contributed by atoms with Crippen molar-refractivity contribution in [2.45, 2.75) is 44.6 Å². The van der Waals surface area contributed by atoms with Gasteiger partial charge in [-0.1, -0.05) is 36.3 Å². The first-order chi connectivity index (χ1) is 11.5. The van der Waals surface area contributed by atoms with Gasteiger partial charge in [0, 0.05) is 0 Å². The molecule has 3 rings (SSSR count). The van der Waals surface area contributed by atoms with Crippen molar-refractivity contribution in [1.29, 1.82) is 0 Å². The van der Waals surface area contributed by atoms with Crippen LogP contribution in [0.1, 0.15) is 48.3 Å². The SMILES string of the molecule is Cc1c(C(=O)NC2(CC(=O)O)CCCC2)nnn1-c1ccccc1. The number of carboxylic acid groups (broad SMARTS) is 1. The lowest BCUT2D eigenvalue weighted by atomic mass is 9.93. The van der Waals surface area contributed by atoms with Crippen LogP contribution < -0.4 is 5.32 Å². The number of aliphatic carboxylic acids is 1. The van der Waals surface area contributed by atoms with Crippen LogP contribution in [0.2, 0.25) is 0 Å². The van der Waals surface area contributed by atoms with E-state index in [1.165, 1.54) is 0 Å². The van der Waals surface area contributed by atoms with E-state index in [0.717, 1.165) is 18.5 Å². The molecule has 126 valence electrons. The van der Waals surface area contributed by atoms with Crippen LogP contribution in [0.5, 0.6) is 0 Å². The molecule has 0 radical (unpaired) electrons. The van der Waals surface area contributed by atoms with Gasteiger partial charge in [0.1, 0.15) is 0 Å². The molecule has 1 saturated carbocycles. The molecular weight excluding hydrogens is 308 g/mol. The Morgan fingerprint density at radius 1 is 1.25 bits per heavy atom. The Kier molecular flexibility index (Phi) is 4.33. The van der Waals surface area contributed by atoms with Crippen LogP contribution in [0.25, 0.3) is 5.69 Å². The molecule has 0 saturated heterocycles. The number of nitrogens with zero attached hydrogens (tertiary/aromatic N) is 3. The molecule has 2 aromatic rings. The summed E-state index contributed by atoms with van der Waals surface area (Å²) in [4.78, 5) is 23.8. The molecule has 1 aromatic carbocycles. The van der Waals surface area contributed by atoms with Crippen molar-refractivity contribution in [3.63, 3.8) is 0 Å². The van der Waals surface area contributed by atoms with Crippen molar-refractivity contribution >= 4 is 11.9 Å². The molecule has 0 spiro atoms. The zero-order valence-electron chi connectivity index (χ0n) is 13.5. The summed E-state index contributed by atoms with van der Waals surface area (Å²) in [5.41, 5.74) is 1.01. The quantitative estimate of drug-likeness (QED) is 0.876. The van der Waals surface area contributed by atoms with E-state index in [4.69, 9.17) is 5.11 Å². The third-order valence-electron chi connectivity index (χ3n) is 4.54. The summed E-state index contributed by atoms with van der Waals surface area (Å²) < 4.78 is 1.60. The highest BCUT2D eigenvalue weighted by molar-refractivity contribution is 5.94. The number of hydrogen-bond donors (Lipinski definition) is 2. The molecule has 7 heteroatoms. The second-order valence-electron chi connectivity index (χ2n) is 6.28. The Bertz CT molecular complexity index is 748. The van der Waals surface area contributed by atoms with Crippen LogP contribution in [0.3, 0.4) is 0 Å². The van der Waals surface area contributed by atoms with Crippen LogP contribution in [0.15, 0.2) is 30.3 Å². The maximum atomic E-state index is 12.6. The molecule has 1 fully saturated rings. The average molecular weight is 328 g/mol. The van der Waals surface area contributed by atoms with Gasteiger partial charge in [-0.2, -0.15) is 0 Å². The second-order valence-corrected chi connectivity index (χ2v) is 6.28. The van der Waals surface area contributed by atoms with Crippen molar-refractivity contribution in [3.05, 3.63) is 41.7 Å². The van der Waals surface area contributed by atoms with Gasteiger partial charge in [-0.15, -0.1) is 5.10 Å². The molecular formula is C17H20N4O3. The number of hydrogen-bond acceptors (Lipinski definition) is 4. The lowest BCUT2D eigenvalue weighted by molar-refractivity contribution is -0.138. The molecule has 0 bridgehead atoms. The highest BCUT2D eigenvalue weighted by Crippen LogP contribution is 2.33. The number of carbonyl (C=O) groups is 2. The minimum atomic E-state index is -0.901. The standard InChI is InChI=1S/C17H20N4O3/c1-12-15(19-20-21(12)13-7-3-2-4-8-13)16(24)18-17(11-14(22)23)9-5-6-10-17/h2-4,7-8H,5-6,9-11H2,1H3,(H,18,24)(H,22,23). The molecule has 24 heavy (non-hydrogen) atoms. The third kappa shape index (κ3) is 3.15. The van der Waals surface area contributed by atoms with Crippen LogP contribution in [0, 0.1) is 6.92 Å². The van der Waals surface area contributed by atoms with Crippen molar-refractivity contribution in [2.24, 2.45) is 0 Å². The smallest absolute Gasteiger partial charge is 0.305 e. The molecule has 0 aliphatic heterocycles. The Hall–Kier alpha value is -2.70. The summed E-state index contributed by atoms with van der Waals surface area (Å²) >= 11 is 0. The van der Waals surface area contributed by atoms with Gasteiger partial charge in [0.2, 0.25) is 0 Å². The molecule has 7 nitrogen and oxygen atoms in total. The van der Waals surface area contributed by atoms with Crippen LogP contribution in [-0.4, -0.2) is 37.5 Å². The first kappa shape index (κ1) is 16.2. The van der Waals surface area contributed by atoms with E-state index >= 15 is 0 Å². The third-order valence-corrected chi connectivity index (χ3v) is 4.54. The minimum absolute atomic E-state index is 0.0649. The monoisotopic (exact) mass is 328 g/mol. The van der Waals surface area contributed by atoms with E-state index < -0.39 is 11.5 Å². The summed E-state index contributed by atoms with van der Waals surface area (Å²) in [5, 5.41) is 20.1. The molecule has 1 amide bonds. The predicted octanol–water partition coefficient (Wildman–Crippen LogP) is 2.09. The van der Waals surface area contributed by atoms with Crippen LogP contribution in [-0.2, 0) is 4.79 Å². The molecule has 0 atom stereocenters. The number of amides is 1. The van der Waals surface area contributed by atoms with Gasteiger partial charge in [0.05, 0.1) is 23.3 Å². The van der Waals surface area contributed by atoms with Crippen molar-refractivity contribution in [2.75, 3.05) is 0 Å². The predicted molar refractivity (Wildman–Crippen MR) is 87.0 cm³/mol.